The van der Waals surface area contributed by atoms with Gasteiger partial charge in [0.25, 0.3) is 0 Å². The average Bonchev–Trinajstić information content (AvgIpc) is 2.81. The van der Waals surface area contributed by atoms with Gasteiger partial charge in [-0.2, -0.15) is 5.10 Å². The molecule has 0 atom stereocenters. The van der Waals surface area contributed by atoms with Gasteiger partial charge in [-0.25, -0.2) is 4.68 Å². The van der Waals surface area contributed by atoms with Crippen molar-refractivity contribution >= 4 is 35.1 Å². The van der Waals surface area contributed by atoms with E-state index in [0.717, 1.165) is 33.7 Å². The molecule has 4 nitrogen and oxygen atoms in total. The van der Waals surface area contributed by atoms with Gasteiger partial charge >= 0.3 is 0 Å². The number of nitrogens with one attached hydrogen (secondary N) is 1. The van der Waals surface area contributed by atoms with Gasteiger partial charge < -0.3 is 5.32 Å². The number of carbonyl (C=O) groups excluding carboxylic acids is 1. The Balaban J connectivity index is 1.80. The van der Waals surface area contributed by atoms with Gasteiger partial charge in [-0.1, -0.05) is 11.6 Å². The minimum Gasteiger partial charge on any atom is -0.311 e. The maximum absolute atomic E-state index is 11.9. The average molecular weight is 324 g/mol. The summed E-state index contributed by atoms with van der Waals surface area (Å²) in [5, 5.41) is 7.93. The van der Waals surface area contributed by atoms with Crippen LogP contribution >= 0.6 is 23.4 Å². The van der Waals surface area contributed by atoms with Crippen LogP contribution in [0.1, 0.15) is 19.0 Å². The van der Waals surface area contributed by atoms with E-state index in [-0.39, 0.29) is 5.91 Å². The summed E-state index contributed by atoms with van der Waals surface area (Å²) < 4.78 is 1.79. The molecular weight excluding hydrogens is 306 g/mol. The Morgan fingerprint density at radius 2 is 2.10 bits per heavy atom. The van der Waals surface area contributed by atoms with Gasteiger partial charge in [-0.15, -0.1) is 11.8 Å². The van der Waals surface area contributed by atoms with E-state index in [1.54, 1.807) is 16.4 Å². The maximum atomic E-state index is 11.9. The van der Waals surface area contributed by atoms with Crippen LogP contribution in [0.25, 0.3) is 0 Å². The zero-order valence-electron chi connectivity index (χ0n) is 12.1. The molecule has 2 rings (SSSR count). The van der Waals surface area contributed by atoms with E-state index in [1.807, 2.05) is 44.2 Å². The lowest BCUT2D eigenvalue weighted by Gasteiger charge is -2.07. The van der Waals surface area contributed by atoms with E-state index in [0.29, 0.717) is 6.42 Å². The summed E-state index contributed by atoms with van der Waals surface area (Å²) in [5.74, 6) is 1.50. The monoisotopic (exact) mass is 323 g/mol. The summed E-state index contributed by atoms with van der Waals surface area (Å²) >= 11 is 7.48. The Morgan fingerprint density at radius 3 is 2.76 bits per heavy atom. The van der Waals surface area contributed by atoms with Crippen molar-refractivity contribution in [1.29, 1.82) is 0 Å². The first-order valence-electron chi connectivity index (χ1n) is 6.81. The Labute approximate surface area is 133 Å². The van der Waals surface area contributed by atoms with Gasteiger partial charge in [0.05, 0.1) is 5.69 Å². The molecule has 1 aromatic heterocycles. The number of nitrogens with zero attached hydrogens (tertiary/aromatic N) is 2. The van der Waals surface area contributed by atoms with E-state index in [2.05, 4.69) is 10.4 Å². The summed E-state index contributed by atoms with van der Waals surface area (Å²) in [4.78, 5) is 13.1. The molecule has 2 aromatic rings. The number of aromatic nitrogens is 2. The maximum Gasteiger partial charge on any atom is 0.226 e. The standard InChI is InChI=1S/C15H18ClN3OS/c1-3-19-14(10-11(2)18-19)17-15(20)8-9-21-13-6-4-12(16)5-7-13/h4-7,10H,3,8-9H2,1-2H3,(H,17,20). The van der Waals surface area contributed by atoms with E-state index in [9.17, 15) is 4.79 Å². The fourth-order valence-electron chi connectivity index (χ4n) is 1.88. The number of carbonyl (C=O) groups is 1. The first-order valence-corrected chi connectivity index (χ1v) is 8.17. The van der Waals surface area contributed by atoms with Crippen molar-refractivity contribution < 1.29 is 4.79 Å². The number of hydrogen-bond acceptors (Lipinski definition) is 3. The fraction of sp³-hybridized carbons (Fsp3) is 0.333. The van der Waals surface area contributed by atoms with Gasteiger partial charge in [0.1, 0.15) is 5.82 Å². The van der Waals surface area contributed by atoms with Crippen LogP contribution in [0.3, 0.4) is 0 Å². The molecule has 1 N–H and O–H groups in total. The third kappa shape index (κ3) is 4.79. The third-order valence-corrected chi connectivity index (χ3v) is 4.15. The quantitative estimate of drug-likeness (QED) is 0.818. The zero-order chi connectivity index (χ0) is 15.2. The van der Waals surface area contributed by atoms with E-state index in [1.165, 1.54) is 0 Å². The van der Waals surface area contributed by atoms with E-state index in [4.69, 9.17) is 11.6 Å². The molecule has 6 heteroatoms. The fourth-order valence-corrected chi connectivity index (χ4v) is 2.86. The SMILES string of the molecule is CCn1nc(C)cc1NC(=O)CCSc1ccc(Cl)cc1. The van der Waals surface area contributed by atoms with Crippen molar-refractivity contribution in [2.24, 2.45) is 0 Å². The predicted molar refractivity (Wildman–Crippen MR) is 88.1 cm³/mol. The first kappa shape index (κ1) is 15.9. The van der Waals surface area contributed by atoms with Gasteiger partial charge in [-0.05, 0) is 38.1 Å². The summed E-state index contributed by atoms with van der Waals surface area (Å²) in [6.45, 7) is 4.65. The largest absolute Gasteiger partial charge is 0.311 e. The van der Waals surface area contributed by atoms with Gasteiger partial charge in [0.2, 0.25) is 5.91 Å². The van der Waals surface area contributed by atoms with Crippen LogP contribution in [0.15, 0.2) is 35.2 Å². The Morgan fingerprint density at radius 1 is 1.38 bits per heavy atom. The number of aryl methyl sites for hydroxylation is 2. The highest BCUT2D eigenvalue weighted by Crippen LogP contribution is 2.21. The Bertz CT molecular complexity index is 610. The highest BCUT2D eigenvalue weighted by molar-refractivity contribution is 7.99. The molecule has 0 aliphatic carbocycles. The van der Waals surface area contributed by atoms with Crippen molar-refractivity contribution in [3.8, 4) is 0 Å². The molecule has 0 aliphatic rings. The molecule has 0 saturated carbocycles. The number of halogens is 1. The molecule has 0 bridgehead atoms. The molecule has 1 amide bonds. The summed E-state index contributed by atoms with van der Waals surface area (Å²) in [5.41, 5.74) is 0.905. The molecule has 21 heavy (non-hydrogen) atoms. The second-order valence-electron chi connectivity index (χ2n) is 4.59. The summed E-state index contributed by atoms with van der Waals surface area (Å²) in [7, 11) is 0. The van der Waals surface area contributed by atoms with Crippen molar-refractivity contribution in [1.82, 2.24) is 9.78 Å². The molecule has 1 heterocycles. The number of hydrogen-bond donors (Lipinski definition) is 1. The number of thioether (sulfide) groups is 1. The molecule has 1 aromatic carbocycles. The predicted octanol–water partition coefficient (Wildman–Crippen LogP) is 3.99. The number of benzene rings is 1. The first-order chi connectivity index (χ1) is 10.1. The Kier molecular flexibility index (Phi) is 5.70. The number of rotatable bonds is 6. The number of amides is 1. The minimum atomic E-state index is 0.00561. The van der Waals surface area contributed by atoms with Crippen LogP contribution in [0.5, 0.6) is 0 Å². The van der Waals surface area contributed by atoms with Crippen molar-refractivity contribution in [2.45, 2.75) is 31.7 Å². The molecule has 0 saturated heterocycles. The topological polar surface area (TPSA) is 46.9 Å². The van der Waals surface area contributed by atoms with Gasteiger partial charge in [0.15, 0.2) is 0 Å². The Hall–Kier alpha value is -1.46. The van der Waals surface area contributed by atoms with Crippen LogP contribution in [-0.2, 0) is 11.3 Å². The zero-order valence-corrected chi connectivity index (χ0v) is 13.7. The highest BCUT2D eigenvalue weighted by atomic mass is 35.5. The second kappa shape index (κ2) is 7.52. The second-order valence-corrected chi connectivity index (χ2v) is 6.19. The lowest BCUT2D eigenvalue weighted by atomic mass is 10.4. The van der Waals surface area contributed by atoms with Crippen LogP contribution in [0, 0.1) is 6.92 Å². The van der Waals surface area contributed by atoms with E-state index >= 15 is 0 Å². The highest BCUT2D eigenvalue weighted by Gasteiger charge is 2.08. The molecule has 0 aliphatic heterocycles. The smallest absolute Gasteiger partial charge is 0.226 e. The van der Waals surface area contributed by atoms with Crippen molar-refractivity contribution in [3.63, 3.8) is 0 Å². The van der Waals surface area contributed by atoms with Crippen LogP contribution in [0.4, 0.5) is 5.82 Å². The summed E-state index contributed by atoms with van der Waals surface area (Å²) in [6, 6.07) is 9.51. The summed E-state index contributed by atoms with van der Waals surface area (Å²) in [6.07, 6.45) is 0.460. The molecular formula is C15H18ClN3OS. The van der Waals surface area contributed by atoms with Crippen molar-refractivity contribution in [3.05, 3.63) is 41.0 Å². The minimum absolute atomic E-state index is 0.00561. The molecule has 0 spiro atoms. The lowest BCUT2D eigenvalue weighted by molar-refractivity contribution is -0.115. The molecule has 0 fully saturated rings. The third-order valence-electron chi connectivity index (χ3n) is 2.88. The normalized spacial score (nSPS) is 10.6. The van der Waals surface area contributed by atoms with Crippen LogP contribution in [-0.4, -0.2) is 21.4 Å². The van der Waals surface area contributed by atoms with Crippen LogP contribution < -0.4 is 5.32 Å². The van der Waals surface area contributed by atoms with Crippen LogP contribution in [0.2, 0.25) is 5.02 Å². The molecule has 0 radical (unpaired) electrons. The van der Waals surface area contributed by atoms with Gasteiger partial charge in [-0.3, -0.25) is 4.79 Å². The van der Waals surface area contributed by atoms with E-state index < -0.39 is 0 Å². The lowest BCUT2D eigenvalue weighted by Crippen LogP contribution is -2.15. The number of anilines is 1. The molecule has 112 valence electrons. The van der Waals surface area contributed by atoms with Crippen molar-refractivity contribution in [2.75, 3.05) is 11.1 Å². The molecule has 0 unspecified atom stereocenters. The van der Waals surface area contributed by atoms with Gasteiger partial charge in [0, 0.05) is 34.7 Å².